The fourth-order valence-electron chi connectivity index (χ4n) is 1.58. The summed E-state index contributed by atoms with van der Waals surface area (Å²) in [5.74, 6) is -3.32. The Kier molecular flexibility index (Phi) is 5.71. The van der Waals surface area contributed by atoms with Crippen LogP contribution in [-0.4, -0.2) is 33.2 Å². The molecule has 1 aromatic rings. The number of nitrogens with zero attached hydrogens (tertiary/aromatic N) is 1. The first kappa shape index (κ1) is 15.4. The zero-order valence-electron chi connectivity index (χ0n) is 9.82. The molecule has 0 aliphatic heterocycles. The van der Waals surface area contributed by atoms with E-state index in [0.717, 1.165) is 0 Å². The maximum atomic E-state index is 12.4. The van der Waals surface area contributed by atoms with Crippen LogP contribution in [0.5, 0.6) is 0 Å². The van der Waals surface area contributed by atoms with Gasteiger partial charge in [-0.05, 0) is 30.5 Å². The van der Waals surface area contributed by atoms with Gasteiger partial charge in [0, 0.05) is 6.20 Å². The van der Waals surface area contributed by atoms with Crippen LogP contribution in [-0.2, 0) is 16.0 Å². The van der Waals surface area contributed by atoms with E-state index in [-0.39, 0.29) is 30.0 Å². The number of carboxylic acid groups (broad SMARTS) is 2. The van der Waals surface area contributed by atoms with E-state index in [4.69, 9.17) is 15.9 Å². The molecular formula is C11H13FN2O4S. The van der Waals surface area contributed by atoms with Crippen molar-refractivity contribution in [3.05, 3.63) is 23.9 Å². The molecule has 0 saturated heterocycles. The number of nitrogens with two attached hydrogens (primary N) is 1. The number of carbonyl (C=O) groups is 2. The minimum atomic E-state index is -1.25. The van der Waals surface area contributed by atoms with Crippen molar-refractivity contribution in [3.63, 3.8) is 0 Å². The highest BCUT2D eigenvalue weighted by molar-refractivity contribution is 7.94. The normalized spacial score (nSPS) is 13.8. The molecule has 0 aliphatic rings. The lowest BCUT2D eigenvalue weighted by Gasteiger charge is -2.15. The van der Waals surface area contributed by atoms with Crippen LogP contribution in [0.4, 0.5) is 3.89 Å². The Bertz CT molecular complexity index is 472. The fraction of sp³-hybridized carbons (Fsp3) is 0.364. The summed E-state index contributed by atoms with van der Waals surface area (Å²) in [5, 5.41) is 17.9. The summed E-state index contributed by atoms with van der Waals surface area (Å²) in [7, 11) is 0. The molecule has 6 nitrogen and oxygen atoms in total. The molecule has 2 atom stereocenters. The molecule has 0 aromatic carbocycles. The van der Waals surface area contributed by atoms with E-state index in [9.17, 15) is 13.5 Å². The van der Waals surface area contributed by atoms with Gasteiger partial charge in [0.25, 0.3) is 0 Å². The van der Waals surface area contributed by atoms with Crippen molar-refractivity contribution in [1.82, 2.24) is 4.98 Å². The van der Waals surface area contributed by atoms with Crippen molar-refractivity contribution in [1.29, 1.82) is 0 Å². The molecule has 0 amide bonds. The Morgan fingerprint density at radius 3 is 2.63 bits per heavy atom. The van der Waals surface area contributed by atoms with Crippen molar-refractivity contribution in [2.24, 2.45) is 11.7 Å². The number of carboxylic acids is 2. The maximum Gasteiger partial charge on any atom is 0.320 e. The van der Waals surface area contributed by atoms with Crippen molar-refractivity contribution in [2.45, 2.75) is 23.9 Å². The number of hydrogen-bond acceptors (Lipinski definition) is 5. The monoisotopic (exact) mass is 288 g/mol. The maximum absolute atomic E-state index is 12.4. The highest BCUT2D eigenvalue weighted by Crippen LogP contribution is 2.20. The lowest BCUT2D eigenvalue weighted by molar-refractivity contribution is -0.143. The van der Waals surface area contributed by atoms with Crippen LogP contribution in [0.3, 0.4) is 0 Å². The van der Waals surface area contributed by atoms with Crippen molar-refractivity contribution < 1.29 is 23.7 Å². The Morgan fingerprint density at radius 2 is 2.11 bits per heavy atom. The average molecular weight is 288 g/mol. The largest absolute Gasteiger partial charge is 0.481 e. The summed E-state index contributed by atoms with van der Waals surface area (Å²) >= 11 is -0.0401. The highest BCUT2D eigenvalue weighted by Gasteiger charge is 2.24. The van der Waals surface area contributed by atoms with Gasteiger partial charge in [-0.25, -0.2) is 4.98 Å². The van der Waals surface area contributed by atoms with E-state index in [0.29, 0.717) is 5.56 Å². The molecule has 0 radical (unpaired) electrons. The van der Waals surface area contributed by atoms with Crippen LogP contribution in [0.1, 0.15) is 12.0 Å². The van der Waals surface area contributed by atoms with E-state index in [1.54, 1.807) is 6.07 Å². The second-order valence-electron chi connectivity index (χ2n) is 4.00. The minimum absolute atomic E-state index is 0.0401. The van der Waals surface area contributed by atoms with Gasteiger partial charge in [0.2, 0.25) is 0 Å². The van der Waals surface area contributed by atoms with Crippen molar-refractivity contribution in [3.8, 4) is 0 Å². The molecule has 4 N–H and O–H groups in total. The summed E-state index contributed by atoms with van der Waals surface area (Å²) in [6.07, 6.45) is 1.25. The van der Waals surface area contributed by atoms with Gasteiger partial charge in [-0.2, -0.15) is 3.89 Å². The molecule has 8 heteroatoms. The minimum Gasteiger partial charge on any atom is -0.481 e. The van der Waals surface area contributed by atoms with E-state index in [1.807, 2.05) is 0 Å². The number of halogens is 1. The van der Waals surface area contributed by atoms with Gasteiger partial charge < -0.3 is 15.9 Å². The van der Waals surface area contributed by atoms with Gasteiger partial charge >= 0.3 is 11.9 Å². The first-order chi connectivity index (χ1) is 8.93. The van der Waals surface area contributed by atoms with Crippen LogP contribution in [0.2, 0.25) is 0 Å². The zero-order valence-corrected chi connectivity index (χ0v) is 10.6. The topological polar surface area (TPSA) is 114 Å². The summed E-state index contributed by atoms with van der Waals surface area (Å²) in [6.45, 7) is 0. The molecule has 0 spiro atoms. The molecule has 2 unspecified atom stereocenters. The zero-order chi connectivity index (χ0) is 14.4. The molecule has 0 aliphatic carbocycles. The van der Waals surface area contributed by atoms with Gasteiger partial charge in [-0.3, -0.25) is 9.59 Å². The van der Waals surface area contributed by atoms with Crippen molar-refractivity contribution in [2.75, 3.05) is 0 Å². The van der Waals surface area contributed by atoms with Crippen LogP contribution in [0.25, 0.3) is 0 Å². The van der Waals surface area contributed by atoms with Crippen molar-refractivity contribution >= 4 is 24.1 Å². The number of pyridine rings is 1. The molecule has 19 heavy (non-hydrogen) atoms. The number of hydrogen-bond donors (Lipinski definition) is 3. The Labute approximate surface area is 113 Å². The molecular weight excluding hydrogens is 275 g/mol. The summed E-state index contributed by atoms with van der Waals surface area (Å²) in [4.78, 5) is 25.4. The van der Waals surface area contributed by atoms with Gasteiger partial charge in [-0.15, -0.1) is 0 Å². The summed E-state index contributed by atoms with van der Waals surface area (Å²) in [5.41, 5.74) is 5.90. The van der Waals surface area contributed by atoms with Gasteiger partial charge in [0.1, 0.15) is 23.2 Å². The predicted octanol–water partition coefficient (Wildman–Crippen LogP) is 1.10. The Hall–Kier alpha value is -1.67. The van der Waals surface area contributed by atoms with E-state index in [1.165, 1.54) is 12.3 Å². The number of aromatic nitrogens is 1. The average Bonchev–Trinajstić information content (AvgIpc) is 2.37. The van der Waals surface area contributed by atoms with Gasteiger partial charge in [0.05, 0.1) is 5.92 Å². The van der Waals surface area contributed by atoms with Crippen LogP contribution < -0.4 is 5.73 Å². The lowest BCUT2D eigenvalue weighted by atomic mass is 9.93. The third kappa shape index (κ3) is 4.84. The van der Waals surface area contributed by atoms with Crippen LogP contribution >= 0.6 is 12.1 Å². The molecule has 1 rings (SSSR count). The molecule has 0 fully saturated rings. The molecule has 1 heterocycles. The summed E-state index contributed by atoms with van der Waals surface area (Å²) in [6, 6.07) is 1.74. The van der Waals surface area contributed by atoms with E-state index in [2.05, 4.69) is 4.98 Å². The van der Waals surface area contributed by atoms with Gasteiger partial charge in [0.15, 0.2) is 0 Å². The van der Waals surface area contributed by atoms with E-state index >= 15 is 0 Å². The highest BCUT2D eigenvalue weighted by atomic mass is 32.2. The number of aliphatic carboxylic acids is 2. The molecule has 0 bridgehead atoms. The lowest BCUT2D eigenvalue weighted by Crippen LogP contribution is -2.35. The number of rotatable bonds is 7. The quantitative estimate of drug-likeness (QED) is 0.688. The Morgan fingerprint density at radius 1 is 1.42 bits per heavy atom. The van der Waals surface area contributed by atoms with Crippen LogP contribution in [0, 0.1) is 5.92 Å². The van der Waals surface area contributed by atoms with Gasteiger partial charge in [-0.1, -0.05) is 0 Å². The second kappa shape index (κ2) is 7.05. The van der Waals surface area contributed by atoms with Crippen LogP contribution in [0.15, 0.2) is 23.4 Å². The second-order valence-corrected chi connectivity index (χ2v) is 4.57. The third-order valence-corrected chi connectivity index (χ3v) is 2.95. The molecule has 1 aromatic heterocycles. The van der Waals surface area contributed by atoms with E-state index < -0.39 is 23.9 Å². The first-order valence-corrected chi connectivity index (χ1v) is 6.10. The fourth-order valence-corrected chi connectivity index (χ4v) is 1.88. The SMILES string of the molecule is NC(CC(Cc1ccnc(SF)c1)C(=O)O)C(=O)O. The smallest absolute Gasteiger partial charge is 0.320 e. The standard InChI is InChI=1S/C11H13FN2O4S/c12-19-9-4-6(1-2-14-9)3-7(10(15)16)5-8(13)11(17)18/h1-2,4,7-8H,3,5,13H2,(H,15,16)(H,17,18). The third-order valence-electron chi connectivity index (χ3n) is 2.57. The molecule has 0 saturated carbocycles. The first-order valence-electron chi connectivity index (χ1n) is 5.38. The molecule has 104 valence electrons. The summed E-state index contributed by atoms with van der Waals surface area (Å²) < 4.78 is 12.4. The Balaban J connectivity index is 2.78. The predicted molar refractivity (Wildman–Crippen MR) is 66.3 cm³/mol.